The van der Waals surface area contributed by atoms with Crippen molar-refractivity contribution in [3.63, 3.8) is 0 Å². The molecule has 0 saturated heterocycles. The van der Waals surface area contributed by atoms with Gasteiger partial charge in [0.25, 0.3) is 0 Å². The maximum Gasteiger partial charge on any atom is 0.339 e. The van der Waals surface area contributed by atoms with Gasteiger partial charge in [0.05, 0.1) is 5.56 Å². The fourth-order valence-electron chi connectivity index (χ4n) is 2.61. The smallest absolute Gasteiger partial charge is 0.339 e. The molecule has 0 aliphatic carbocycles. The van der Waals surface area contributed by atoms with Crippen LogP contribution in [-0.4, -0.2) is 5.97 Å². The van der Waals surface area contributed by atoms with Crippen molar-refractivity contribution < 1.29 is 9.53 Å². The number of carbonyl (C=O) groups is 1. The lowest BCUT2D eigenvalue weighted by atomic mass is 9.83. The lowest BCUT2D eigenvalue weighted by Crippen LogP contribution is -2.18. The molecule has 0 amide bonds. The number of hydrogen-bond acceptors (Lipinski definition) is 2. The molecule has 1 aliphatic heterocycles. The van der Waals surface area contributed by atoms with Crippen molar-refractivity contribution in [2.24, 2.45) is 5.41 Å². The Morgan fingerprint density at radius 1 is 1.06 bits per heavy atom. The van der Waals surface area contributed by atoms with Crippen LogP contribution in [0.25, 0.3) is 10.8 Å². The fraction of sp³-hybridized carbons (Fsp3) is 0.312. The van der Waals surface area contributed by atoms with Crippen LogP contribution >= 0.6 is 0 Å². The number of hydrogen-bond donors (Lipinski definition) is 0. The Morgan fingerprint density at radius 2 is 1.78 bits per heavy atom. The monoisotopic (exact) mass is 240 g/mol. The molecule has 0 fully saturated rings. The summed E-state index contributed by atoms with van der Waals surface area (Å²) in [6.45, 7) is 6.28. The van der Waals surface area contributed by atoms with Crippen LogP contribution < -0.4 is 0 Å². The minimum Gasteiger partial charge on any atom is -0.453 e. The molecule has 0 aromatic heterocycles. The highest BCUT2D eigenvalue weighted by Gasteiger charge is 2.39. The van der Waals surface area contributed by atoms with Gasteiger partial charge in [-0.1, -0.05) is 57.2 Å². The van der Waals surface area contributed by atoms with Crippen molar-refractivity contribution in [2.75, 3.05) is 0 Å². The molecule has 1 aliphatic rings. The van der Waals surface area contributed by atoms with Crippen LogP contribution in [-0.2, 0) is 4.74 Å². The minimum absolute atomic E-state index is 0.0800. The molecule has 2 aromatic rings. The number of esters is 1. The molecule has 1 heterocycles. The molecule has 2 aromatic carbocycles. The Hall–Kier alpha value is -1.83. The summed E-state index contributed by atoms with van der Waals surface area (Å²) >= 11 is 0. The highest BCUT2D eigenvalue weighted by molar-refractivity contribution is 6.07. The molecule has 18 heavy (non-hydrogen) atoms. The lowest BCUT2D eigenvalue weighted by Gasteiger charge is -2.26. The second-order valence-electron chi connectivity index (χ2n) is 5.90. The molecule has 3 rings (SSSR count). The molecule has 92 valence electrons. The van der Waals surface area contributed by atoms with Crippen molar-refractivity contribution in [2.45, 2.75) is 26.9 Å². The number of carbonyl (C=O) groups excluding carboxylic acids is 1. The summed E-state index contributed by atoms with van der Waals surface area (Å²) in [5, 5.41) is 2.08. The number of cyclic esters (lactones) is 1. The van der Waals surface area contributed by atoms with Crippen molar-refractivity contribution >= 4 is 16.7 Å². The molecule has 0 unspecified atom stereocenters. The fourth-order valence-corrected chi connectivity index (χ4v) is 2.61. The van der Waals surface area contributed by atoms with E-state index in [2.05, 4.69) is 26.8 Å². The summed E-state index contributed by atoms with van der Waals surface area (Å²) < 4.78 is 5.57. The van der Waals surface area contributed by atoms with Gasteiger partial charge in [0, 0.05) is 11.0 Å². The van der Waals surface area contributed by atoms with Gasteiger partial charge in [-0.2, -0.15) is 0 Å². The van der Waals surface area contributed by atoms with Gasteiger partial charge < -0.3 is 4.74 Å². The van der Waals surface area contributed by atoms with E-state index in [0.29, 0.717) is 0 Å². The summed E-state index contributed by atoms with van der Waals surface area (Å²) in [5.41, 5.74) is 1.68. The van der Waals surface area contributed by atoms with Crippen molar-refractivity contribution in [3.05, 3.63) is 47.5 Å². The van der Waals surface area contributed by atoms with Gasteiger partial charge in [0.15, 0.2) is 0 Å². The normalized spacial score (nSPS) is 18.8. The van der Waals surface area contributed by atoms with Gasteiger partial charge in [-0.3, -0.25) is 0 Å². The molecule has 2 nitrogen and oxygen atoms in total. The van der Waals surface area contributed by atoms with Gasteiger partial charge in [0.1, 0.15) is 6.10 Å². The van der Waals surface area contributed by atoms with E-state index in [-0.39, 0.29) is 17.5 Å². The van der Waals surface area contributed by atoms with Gasteiger partial charge in [0.2, 0.25) is 0 Å². The number of benzene rings is 2. The van der Waals surface area contributed by atoms with Crippen LogP contribution in [0, 0.1) is 5.41 Å². The molecule has 0 N–H and O–H groups in total. The van der Waals surface area contributed by atoms with E-state index in [1.165, 1.54) is 0 Å². The highest BCUT2D eigenvalue weighted by atomic mass is 16.5. The summed E-state index contributed by atoms with van der Waals surface area (Å²) in [5.74, 6) is -0.193. The molecule has 0 bridgehead atoms. The maximum absolute atomic E-state index is 12.1. The Balaban J connectivity index is 2.30. The lowest BCUT2D eigenvalue weighted by molar-refractivity contribution is 0.00784. The van der Waals surface area contributed by atoms with Crippen LogP contribution in [0.1, 0.15) is 42.8 Å². The molecule has 1 atom stereocenters. The van der Waals surface area contributed by atoms with Crippen LogP contribution in [0.3, 0.4) is 0 Å². The van der Waals surface area contributed by atoms with E-state index in [4.69, 9.17) is 4.74 Å². The molecule has 2 heteroatoms. The highest BCUT2D eigenvalue weighted by Crippen LogP contribution is 2.44. The van der Waals surface area contributed by atoms with Gasteiger partial charge >= 0.3 is 5.97 Å². The first-order chi connectivity index (χ1) is 8.48. The predicted octanol–water partition coefficient (Wildman–Crippen LogP) is 4.10. The third-order valence-corrected chi connectivity index (χ3v) is 3.46. The molecule has 0 saturated carbocycles. The van der Waals surface area contributed by atoms with E-state index in [1.54, 1.807) is 0 Å². The standard InChI is InChI=1S/C16H16O2/c1-16(2,3)14-12-9-8-10-6-4-5-7-11(10)13(12)15(17)18-14/h4-9,14H,1-3H3/t14-/m1/s1. The van der Waals surface area contributed by atoms with E-state index in [0.717, 1.165) is 21.9 Å². The molecular formula is C16H16O2. The average molecular weight is 240 g/mol. The first kappa shape index (κ1) is 11.3. The van der Waals surface area contributed by atoms with Crippen molar-refractivity contribution in [3.8, 4) is 0 Å². The van der Waals surface area contributed by atoms with Crippen LogP contribution in [0.5, 0.6) is 0 Å². The van der Waals surface area contributed by atoms with E-state index in [1.807, 2.05) is 30.3 Å². The minimum atomic E-state index is -0.193. The molecular weight excluding hydrogens is 224 g/mol. The SMILES string of the molecule is CC(C)(C)[C@@H]1OC(=O)c2c1ccc1ccccc21. The van der Waals surface area contributed by atoms with Gasteiger partial charge in [-0.15, -0.1) is 0 Å². The van der Waals surface area contributed by atoms with Crippen LogP contribution in [0.4, 0.5) is 0 Å². The summed E-state index contributed by atoms with van der Waals surface area (Å²) in [6, 6.07) is 12.0. The Morgan fingerprint density at radius 3 is 2.50 bits per heavy atom. The second-order valence-corrected chi connectivity index (χ2v) is 5.90. The maximum atomic E-state index is 12.1. The van der Waals surface area contributed by atoms with E-state index >= 15 is 0 Å². The number of ether oxygens (including phenoxy) is 1. The quantitative estimate of drug-likeness (QED) is 0.648. The summed E-state index contributed by atoms with van der Waals surface area (Å²) in [7, 11) is 0. The van der Waals surface area contributed by atoms with Gasteiger partial charge in [-0.05, 0) is 10.8 Å². The van der Waals surface area contributed by atoms with Gasteiger partial charge in [-0.25, -0.2) is 4.79 Å². The van der Waals surface area contributed by atoms with Crippen molar-refractivity contribution in [1.29, 1.82) is 0 Å². The van der Waals surface area contributed by atoms with E-state index < -0.39 is 0 Å². The number of rotatable bonds is 0. The average Bonchev–Trinajstić information content (AvgIpc) is 2.67. The van der Waals surface area contributed by atoms with E-state index in [9.17, 15) is 4.79 Å². The topological polar surface area (TPSA) is 26.3 Å². The Labute approximate surface area is 107 Å². The third-order valence-electron chi connectivity index (χ3n) is 3.46. The van der Waals surface area contributed by atoms with Crippen LogP contribution in [0.15, 0.2) is 36.4 Å². The molecule has 0 spiro atoms. The number of fused-ring (bicyclic) bond motifs is 3. The largest absolute Gasteiger partial charge is 0.453 e. The zero-order valence-electron chi connectivity index (χ0n) is 10.9. The Bertz CT molecular complexity index is 635. The van der Waals surface area contributed by atoms with Crippen molar-refractivity contribution in [1.82, 2.24) is 0 Å². The second kappa shape index (κ2) is 3.58. The zero-order valence-corrected chi connectivity index (χ0v) is 10.9. The first-order valence-corrected chi connectivity index (χ1v) is 6.21. The summed E-state index contributed by atoms with van der Waals surface area (Å²) in [6.07, 6.45) is -0.149. The zero-order chi connectivity index (χ0) is 12.9. The Kier molecular flexibility index (Phi) is 2.24. The molecule has 0 radical (unpaired) electrons. The first-order valence-electron chi connectivity index (χ1n) is 6.21. The predicted molar refractivity (Wildman–Crippen MR) is 71.6 cm³/mol. The summed E-state index contributed by atoms with van der Waals surface area (Å²) in [4.78, 5) is 12.1. The third kappa shape index (κ3) is 1.52. The van der Waals surface area contributed by atoms with Crippen LogP contribution in [0.2, 0.25) is 0 Å².